The zero-order chi connectivity index (χ0) is 15.7. The lowest BCUT2D eigenvalue weighted by Gasteiger charge is -2.24. The molecule has 0 aliphatic heterocycles. The largest absolute Gasteiger partial charge is 0.386 e. The zero-order valence-corrected chi connectivity index (χ0v) is 11.7. The molecular formula is C20H14O2. The van der Waals surface area contributed by atoms with Gasteiger partial charge in [0.05, 0.1) is 1.37 Å². The number of hydrogen-bond donors (Lipinski definition) is 2. The van der Waals surface area contributed by atoms with E-state index in [4.69, 9.17) is 1.37 Å². The van der Waals surface area contributed by atoms with E-state index in [1.165, 1.54) is 0 Å². The lowest BCUT2D eigenvalue weighted by Crippen LogP contribution is -2.19. The number of hydrogen-bond acceptors (Lipinski definition) is 2. The van der Waals surface area contributed by atoms with Crippen LogP contribution in [0.25, 0.3) is 38.4 Å². The number of aliphatic hydroxyl groups excluding tert-OH is 2. The van der Waals surface area contributed by atoms with E-state index in [1.807, 2.05) is 24.3 Å². The van der Waals surface area contributed by atoms with Crippen molar-refractivity contribution in [3.05, 3.63) is 65.7 Å². The first-order chi connectivity index (χ1) is 11.2. The molecule has 4 aromatic carbocycles. The molecule has 0 aromatic heterocycles. The van der Waals surface area contributed by atoms with E-state index in [-0.39, 0.29) is 0 Å². The third-order valence-corrected chi connectivity index (χ3v) is 4.71. The second kappa shape index (κ2) is 4.07. The molecule has 2 nitrogen and oxygen atoms in total. The highest BCUT2D eigenvalue weighted by Crippen LogP contribution is 2.41. The summed E-state index contributed by atoms with van der Waals surface area (Å²) in [6, 6.07) is 14.6. The number of aliphatic hydroxyl groups is 2. The normalized spacial score (nSPS) is 21.6. The summed E-state index contributed by atoms with van der Waals surface area (Å²) in [7, 11) is 0. The molecular weight excluding hydrogens is 272 g/mol. The van der Waals surface area contributed by atoms with Gasteiger partial charge in [0.15, 0.2) is 0 Å². The molecule has 0 fully saturated rings. The minimum absolute atomic E-state index is 0.307. The third kappa shape index (κ3) is 1.41. The molecule has 2 heteroatoms. The van der Waals surface area contributed by atoms with Crippen LogP contribution in [-0.4, -0.2) is 16.3 Å². The number of fused-ring (bicyclic) bond motifs is 2. The Bertz CT molecular complexity index is 1100. The summed E-state index contributed by atoms with van der Waals surface area (Å²) in [5.74, 6) is 0. The van der Waals surface area contributed by atoms with Crippen molar-refractivity contribution in [2.75, 3.05) is 0 Å². The topological polar surface area (TPSA) is 40.5 Å². The molecule has 4 aromatic rings. The van der Waals surface area contributed by atoms with Crippen molar-refractivity contribution in [1.29, 1.82) is 0 Å². The molecule has 1 aliphatic rings. The van der Waals surface area contributed by atoms with Crippen LogP contribution in [0.5, 0.6) is 0 Å². The van der Waals surface area contributed by atoms with Crippen molar-refractivity contribution in [3.8, 4) is 0 Å². The Kier molecular flexibility index (Phi) is 2.07. The van der Waals surface area contributed by atoms with Crippen LogP contribution in [0, 0.1) is 0 Å². The second-order valence-electron chi connectivity index (χ2n) is 5.93. The molecule has 0 spiro atoms. The highest BCUT2D eigenvalue weighted by molar-refractivity contribution is 6.24. The first-order valence-electron chi connectivity index (χ1n) is 7.91. The van der Waals surface area contributed by atoms with E-state index in [1.54, 1.807) is 6.08 Å². The predicted molar refractivity (Wildman–Crippen MR) is 90.1 cm³/mol. The quantitative estimate of drug-likeness (QED) is 0.480. The van der Waals surface area contributed by atoms with Crippen LogP contribution in [0.15, 0.2) is 54.6 Å². The van der Waals surface area contributed by atoms with E-state index < -0.39 is 12.2 Å². The van der Waals surface area contributed by atoms with Gasteiger partial charge in [-0.25, -0.2) is 0 Å². The fraction of sp³-hybridized carbons (Fsp3) is 0.100. The molecule has 2 unspecified atom stereocenters. The molecule has 22 heavy (non-hydrogen) atoms. The van der Waals surface area contributed by atoms with Crippen molar-refractivity contribution < 1.29 is 11.6 Å². The maximum absolute atomic E-state index is 10.4. The summed E-state index contributed by atoms with van der Waals surface area (Å²) in [5.41, 5.74) is 1.37. The van der Waals surface area contributed by atoms with Crippen LogP contribution in [0.4, 0.5) is 0 Å². The Morgan fingerprint density at radius 1 is 0.864 bits per heavy atom. The number of benzene rings is 4. The standard InChI is InChI=1S/C20H14O2/c21-17-9-8-14-15-7-6-12-3-1-2-11-4-5-13(19(15)18(11)12)10-16(14)20(17)22/h1-10,17,20-22H/i10D. The van der Waals surface area contributed by atoms with Gasteiger partial charge in [-0.3, -0.25) is 0 Å². The van der Waals surface area contributed by atoms with E-state index in [0.29, 0.717) is 11.6 Å². The number of rotatable bonds is 0. The van der Waals surface area contributed by atoms with Gasteiger partial charge < -0.3 is 10.2 Å². The van der Waals surface area contributed by atoms with E-state index >= 15 is 0 Å². The van der Waals surface area contributed by atoms with Gasteiger partial charge in [-0.2, -0.15) is 0 Å². The summed E-state index contributed by atoms with van der Waals surface area (Å²) in [4.78, 5) is 0. The smallest absolute Gasteiger partial charge is 0.109 e. The van der Waals surface area contributed by atoms with Crippen molar-refractivity contribution in [2.24, 2.45) is 0 Å². The highest BCUT2D eigenvalue weighted by atomic mass is 16.3. The molecule has 2 N–H and O–H groups in total. The fourth-order valence-electron chi connectivity index (χ4n) is 3.65. The van der Waals surface area contributed by atoms with E-state index in [2.05, 4.69) is 24.3 Å². The van der Waals surface area contributed by atoms with Crippen LogP contribution < -0.4 is 0 Å². The van der Waals surface area contributed by atoms with Crippen LogP contribution in [0.3, 0.4) is 0 Å². The maximum Gasteiger partial charge on any atom is 0.109 e. The monoisotopic (exact) mass is 287 g/mol. The summed E-state index contributed by atoms with van der Waals surface area (Å²) in [6.45, 7) is 0. The Hall–Kier alpha value is -2.42. The Balaban J connectivity index is 2.10. The van der Waals surface area contributed by atoms with Crippen molar-refractivity contribution in [1.82, 2.24) is 0 Å². The molecule has 0 radical (unpaired) electrons. The van der Waals surface area contributed by atoms with Crippen molar-refractivity contribution in [3.63, 3.8) is 0 Å². The van der Waals surface area contributed by atoms with Gasteiger partial charge >= 0.3 is 0 Å². The maximum atomic E-state index is 10.4. The van der Waals surface area contributed by atoms with Gasteiger partial charge in [0, 0.05) is 0 Å². The average molecular weight is 287 g/mol. The molecule has 5 rings (SSSR count). The van der Waals surface area contributed by atoms with Crippen LogP contribution in [0.2, 0.25) is 0 Å². The highest BCUT2D eigenvalue weighted by Gasteiger charge is 2.25. The first kappa shape index (κ1) is 11.2. The molecule has 1 aliphatic carbocycles. The molecule has 2 atom stereocenters. The van der Waals surface area contributed by atoms with Gasteiger partial charge in [-0.05, 0) is 49.5 Å². The summed E-state index contributed by atoms with van der Waals surface area (Å²) in [6.07, 6.45) is 1.42. The van der Waals surface area contributed by atoms with Gasteiger partial charge in [-0.1, -0.05) is 54.6 Å². The lowest BCUT2D eigenvalue weighted by atomic mass is 9.84. The summed E-state index contributed by atoms with van der Waals surface area (Å²) < 4.78 is 8.58. The lowest BCUT2D eigenvalue weighted by molar-refractivity contribution is 0.0472. The van der Waals surface area contributed by atoms with Gasteiger partial charge in [-0.15, -0.1) is 0 Å². The van der Waals surface area contributed by atoms with Gasteiger partial charge in [0.25, 0.3) is 0 Å². The van der Waals surface area contributed by atoms with Crippen LogP contribution in [-0.2, 0) is 0 Å². The Labute approximate surface area is 128 Å². The minimum Gasteiger partial charge on any atom is -0.386 e. The van der Waals surface area contributed by atoms with Crippen molar-refractivity contribution >= 4 is 38.4 Å². The van der Waals surface area contributed by atoms with Crippen LogP contribution >= 0.6 is 0 Å². The second-order valence-corrected chi connectivity index (χ2v) is 5.93. The third-order valence-electron chi connectivity index (χ3n) is 4.71. The fourth-order valence-corrected chi connectivity index (χ4v) is 3.65. The molecule has 0 bridgehead atoms. The minimum atomic E-state index is -1.05. The van der Waals surface area contributed by atoms with E-state index in [9.17, 15) is 10.2 Å². The van der Waals surface area contributed by atoms with Crippen molar-refractivity contribution in [2.45, 2.75) is 12.2 Å². The van der Waals surface area contributed by atoms with E-state index in [0.717, 1.165) is 37.9 Å². The summed E-state index contributed by atoms with van der Waals surface area (Å²) in [5, 5.41) is 26.7. The SMILES string of the molecule is [2H]c1c2c(c3ccc4cccc5ccc1c3c54)C=CC(O)C2O. The Morgan fingerprint density at radius 3 is 2.41 bits per heavy atom. The molecule has 0 heterocycles. The summed E-state index contributed by atoms with van der Waals surface area (Å²) >= 11 is 0. The molecule has 0 saturated carbocycles. The molecule has 0 saturated heterocycles. The zero-order valence-electron chi connectivity index (χ0n) is 12.7. The Morgan fingerprint density at radius 2 is 1.59 bits per heavy atom. The average Bonchev–Trinajstić information content (AvgIpc) is 2.57. The van der Waals surface area contributed by atoms with Crippen LogP contribution in [0.1, 0.15) is 18.6 Å². The molecule has 0 amide bonds. The molecule has 106 valence electrons. The van der Waals surface area contributed by atoms with Gasteiger partial charge in [0.1, 0.15) is 12.2 Å². The first-order valence-corrected chi connectivity index (χ1v) is 7.41. The predicted octanol–water partition coefficient (Wildman–Crippen LogP) is 4.01. The van der Waals surface area contributed by atoms with Gasteiger partial charge in [0.2, 0.25) is 0 Å².